The van der Waals surface area contributed by atoms with Crippen LogP contribution in [0.2, 0.25) is 0 Å². The molecule has 0 radical (unpaired) electrons. The molecule has 2 atom stereocenters. The van der Waals surface area contributed by atoms with Crippen molar-refractivity contribution in [3.63, 3.8) is 0 Å². The van der Waals surface area contributed by atoms with Gasteiger partial charge in [0.1, 0.15) is 17.7 Å². The van der Waals surface area contributed by atoms with Crippen LogP contribution in [0.1, 0.15) is 47.3 Å². The fourth-order valence-electron chi connectivity index (χ4n) is 5.13. The molecule has 1 aliphatic carbocycles. The largest absolute Gasteiger partial charge is 0.390 e. The predicted octanol–water partition coefficient (Wildman–Crippen LogP) is 3.97. The van der Waals surface area contributed by atoms with Crippen molar-refractivity contribution >= 4 is 0 Å². The standard InChI is InChI=1S/C25H24F2N4O/c1-2-7-30-8-6-22-20(14-30)24(16-5-3-4-15(9-16)13-28)29-31(22)25-19-10-17(26)11-21(27)18(19)12-23(25)32/h3-5,9-11,23,25,32H,2,6-8,12,14H2,1H3. The topological polar surface area (TPSA) is 65.1 Å². The van der Waals surface area contributed by atoms with Gasteiger partial charge in [-0.2, -0.15) is 10.4 Å². The van der Waals surface area contributed by atoms with E-state index in [2.05, 4.69) is 17.9 Å². The zero-order valence-corrected chi connectivity index (χ0v) is 17.9. The number of rotatable bonds is 4. The number of aliphatic hydroxyl groups excluding tert-OH is 1. The third-order valence-electron chi connectivity index (χ3n) is 6.52. The van der Waals surface area contributed by atoms with Gasteiger partial charge in [0.05, 0.1) is 23.4 Å². The molecule has 164 valence electrons. The average Bonchev–Trinajstić information content (AvgIpc) is 3.31. The summed E-state index contributed by atoms with van der Waals surface area (Å²) in [6.07, 6.45) is 1.01. The monoisotopic (exact) mass is 434 g/mol. The summed E-state index contributed by atoms with van der Waals surface area (Å²) in [5, 5.41) is 25.1. The molecule has 5 rings (SSSR count). The molecule has 0 spiro atoms. The van der Waals surface area contributed by atoms with Crippen molar-refractivity contribution in [1.82, 2.24) is 14.7 Å². The molecule has 2 heterocycles. The van der Waals surface area contributed by atoms with Gasteiger partial charge in [0.15, 0.2) is 0 Å². The summed E-state index contributed by atoms with van der Waals surface area (Å²) < 4.78 is 30.3. The summed E-state index contributed by atoms with van der Waals surface area (Å²) in [6, 6.07) is 11.0. The maximum Gasteiger partial charge on any atom is 0.129 e. The van der Waals surface area contributed by atoms with E-state index in [1.165, 1.54) is 6.07 Å². The zero-order valence-electron chi connectivity index (χ0n) is 17.9. The first-order valence-electron chi connectivity index (χ1n) is 11.0. The van der Waals surface area contributed by atoms with Crippen LogP contribution in [0.5, 0.6) is 0 Å². The highest BCUT2D eigenvalue weighted by molar-refractivity contribution is 5.66. The molecule has 0 amide bonds. The molecule has 3 aromatic rings. The van der Waals surface area contributed by atoms with Gasteiger partial charge in [-0.1, -0.05) is 19.1 Å². The molecule has 1 aliphatic heterocycles. The third kappa shape index (κ3) is 3.40. The van der Waals surface area contributed by atoms with Crippen LogP contribution in [0.4, 0.5) is 8.78 Å². The van der Waals surface area contributed by atoms with Gasteiger partial charge in [-0.15, -0.1) is 0 Å². The van der Waals surface area contributed by atoms with E-state index in [-0.39, 0.29) is 6.42 Å². The molecular formula is C25H24F2N4O. The highest BCUT2D eigenvalue weighted by atomic mass is 19.1. The predicted molar refractivity (Wildman–Crippen MR) is 116 cm³/mol. The molecule has 7 heteroatoms. The van der Waals surface area contributed by atoms with Gasteiger partial charge in [-0.25, -0.2) is 8.78 Å². The number of nitrogens with zero attached hydrogens (tertiary/aromatic N) is 4. The molecule has 2 aliphatic rings. The average molecular weight is 434 g/mol. The fraction of sp³-hybridized carbons (Fsp3) is 0.360. The molecule has 32 heavy (non-hydrogen) atoms. The number of fused-ring (bicyclic) bond motifs is 2. The summed E-state index contributed by atoms with van der Waals surface area (Å²) in [5.41, 5.74) is 4.97. The highest BCUT2D eigenvalue weighted by Crippen LogP contribution is 2.40. The molecule has 2 aromatic carbocycles. The van der Waals surface area contributed by atoms with Crippen molar-refractivity contribution in [3.05, 3.63) is 76.0 Å². The van der Waals surface area contributed by atoms with Crippen molar-refractivity contribution in [2.24, 2.45) is 0 Å². The molecule has 2 unspecified atom stereocenters. The molecule has 0 fully saturated rings. The number of aliphatic hydroxyl groups is 1. The molecular weight excluding hydrogens is 410 g/mol. The summed E-state index contributed by atoms with van der Waals surface area (Å²) in [6.45, 7) is 4.68. The van der Waals surface area contributed by atoms with Crippen molar-refractivity contribution < 1.29 is 13.9 Å². The van der Waals surface area contributed by atoms with Gasteiger partial charge in [-0.05, 0) is 42.3 Å². The quantitative estimate of drug-likeness (QED) is 0.675. The summed E-state index contributed by atoms with van der Waals surface area (Å²) in [4.78, 5) is 2.37. The number of benzene rings is 2. The van der Waals surface area contributed by atoms with E-state index < -0.39 is 23.8 Å². The van der Waals surface area contributed by atoms with E-state index in [0.717, 1.165) is 54.5 Å². The van der Waals surface area contributed by atoms with Crippen LogP contribution >= 0.6 is 0 Å². The Labute approximate surface area is 185 Å². The Morgan fingerprint density at radius 3 is 2.84 bits per heavy atom. The van der Waals surface area contributed by atoms with Crippen LogP contribution in [0.15, 0.2) is 36.4 Å². The molecule has 1 aromatic heterocycles. The van der Waals surface area contributed by atoms with E-state index in [1.54, 1.807) is 10.7 Å². The summed E-state index contributed by atoms with van der Waals surface area (Å²) in [5.74, 6) is -1.28. The number of hydrogen-bond donors (Lipinski definition) is 1. The van der Waals surface area contributed by atoms with Crippen molar-refractivity contribution in [3.8, 4) is 17.3 Å². The minimum atomic E-state index is -0.891. The summed E-state index contributed by atoms with van der Waals surface area (Å²) in [7, 11) is 0. The van der Waals surface area contributed by atoms with E-state index in [0.29, 0.717) is 23.2 Å². The smallest absolute Gasteiger partial charge is 0.129 e. The molecule has 0 saturated carbocycles. The first-order valence-corrected chi connectivity index (χ1v) is 11.0. The lowest BCUT2D eigenvalue weighted by molar-refractivity contribution is 0.135. The highest BCUT2D eigenvalue weighted by Gasteiger charge is 2.39. The van der Waals surface area contributed by atoms with Crippen molar-refractivity contribution in [1.29, 1.82) is 5.26 Å². The minimum absolute atomic E-state index is 0.127. The van der Waals surface area contributed by atoms with E-state index in [4.69, 9.17) is 5.10 Å². The van der Waals surface area contributed by atoms with Crippen LogP contribution in [-0.2, 0) is 19.4 Å². The Balaban J connectivity index is 1.68. The van der Waals surface area contributed by atoms with Gasteiger partial charge in [-0.3, -0.25) is 9.58 Å². The number of hydrogen-bond acceptors (Lipinski definition) is 4. The minimum Gasteiger partial charge on any atom is -0.390 e. The number of halogens is 2. The van der Waals surface area contributed by atoms with Gasteiger partial charge in [0.2, 0.25) is 0 Å². The van der Waals surface area contributed by atoms with Gasteiger partial charge < -0.3 is 5.11 Å². The lowest BCUT2D eigenvalue weighted by Crippen LogP contribution is -2.33. The normalized spacial score (nSPS) is 20.1. The first kappa shape index (κ1) is 20.8. The first-order chi connectivity index (χ1) is 15.5. The van der Waals surface area contributed by atoms with E-state index >= 15 is 0 Å². The molecule has 0 bridgehead atoms. The van der Waals surface area contributed by atoms with Gasteiger partial charge in [0, 0.05) is 48.8 Å². The Bertz CT molecular complexity index is 1230. The molecule has 1 N–H and O–H groups in total. The van der Waals surface area contributed by atoms with E-state index in [9.17, 15) is 19.1 Å². The van der Waals surface area contributed by atoms with Gasteiger partial charge >= 0.3 is 0 Å². The van der Waals surface area contributed by atoms with Crippen LogP contribution in [0.3, 0.4) is 0 Å². The van der Waals surface area contributed by atoms with Crippen LogP contribution < -0.4 is 0 Å². The lowest BCUT2D eigenvalue weighted by Gasteiger charge is -2.28. The fourth-order valence-corrected chi connectivity index (χ4v) is 5.13. The third-order valence-corrected chi connectivity index (χ3v) is 6.52. The zero-order chi connectivity index (χ0) is 22.4. The SMILES string of the molecule is CCCN1CCc2c(c(-c3cccc(C#N)c3)nn2C2c3cc(F)cc(F)c3CC2O)C1. The number of aromatic nitrogens is 2. The second-order valence-electron chi connectivity index (χ2n) is 8.61. The van der Waals surface area contributed by atoms with Crippen molar-refractivity contribution in [2.75, 3.05) is 13.1 Å². The van der Waals surface area contributed by atoms with Crippen LogP contribution in [-0.4, -0.2) is 39.0 Å². The summed E-state index contributed by atoms with van der Waals surface area (Å²) >= 11 is 0. The van der Waals surface area contributed by atoms with Crippen molar-refractivity contribution in [2.45, 2.75) is 44.9 Å². The van der Waals surface area contributed by atoms with Gasteiger partial charge in [0.25, 0.3) is 0 Å². The second-order valence-corrected chi connectivity index (χ2v) is 8.61. The molecule has 5 nitrogen and oxygen atoms in total. The Hall–Kier alpha value is -3.08. The van der Waals surface area contributed by atoms with Crippen LogP contribution in [0, 0.1) is 23.0 Å². The second kappa shape index (κ2) is 8.12. The Kier molecular flexibility index (Phi) is 5.28. The number of nitriles is 1. The lowest BCUT2D eigenvalue weighted by atomic mass is 9.99. The maximum absolute atomic E-state index is 14.4. The van der Waals surface area contributed by atoms with E-state index in [1.807, 2.05) is 18.2 Å². The molecule has 0 saturated heterocycles. The Morgan fingerprint density at radius 2 is 2.06 bits per heavy atom. The Morgan fingerprint density at radius 1 is 1.22 bits per heavy atom. The van der Waals surface area contributed by atoms with Crippen LogP contribution in [0.25, 0.3) is 11.3 Å². The maximum atomic E-state index is 14.4.